The average Bonchev–Trinajstić information content (AvgIpc) is 3.02. The van der Waals surface area contributed by atoms with Crippen LogP contribution in [0, 0.1) is 6.92 Å². The zero-order valence-corrected chi connectivity index (χ0v) is 19.9. The van der Waals surface area contributed by atoms with Gasteiger partial charge in [0, 0.05) is 30.4 Å². The summed E-state index contributed by atoms with van der Waals surface area (Å²) in [4.78, 5) is 17.5. The van der Waals surface area contributed by atoms with Gasteiger partial charge in [-0.15, -0.1) is 11.8 Å². The molecule has 164 valence electrons. The highest BCUT2D eigenvalue weighted by Crippen LogP contribution is 2.47. The molecule has 30 heavy (non-hydrogen) atoms. The van der Waals surface area contributed by atoms with Crippen LogP contribution in [0.2, 0.25) is 0 Å². The van der Waals surface area contributed by atoms with Crippen molar-refractivity contribution >= 4 is 28.7 Å². The number of rotatable bonds is 6. The fraction of sp³-hybridized carbons (Fsp3) is 0.625. The summed E-state index contributed by atoms with van der Waals surface area (Å²) in [6.07, 6.45) is 6.97. The third-order valence-corrected chi connectivity index (χ3v) is 7.78. The maximum Gasteiger partial charge on any atom is 0.336 e. The Balaban J connectivity index is 1.85. The third-order valence-electron chi connectivity index (χ3n) is 6.97. The molecule has 6 heteroatoms. The lowest BCUT2D eigenvalue weighted by atomic mass is 9.74. The molecule has 1 aliphatic heterocycles. The number of carbonyl (C=O) groups excluding carboxylic acids is 1. The predicted molar refractivity (Wildman–Crippen MR) is 127 cm³/mol. The number of aromatic nitrogens is 1. The number of urea groups is 1. The smallest absolute Gasteiger partial charge is 0.324 e. The summed E-state index contributed by atoms with van der Waals surface area (Å²) in [5.74, 6) is 0.601. The molecule has 0 radical (unpaired) electrons. The van der Waals surface area contributed by atoms with Crippen molar-refractivity contribution in [1.82, 2.24) is 14.5 Å². The molecule has 2 atom stereocenters. The third kappa shape index (κ3) is 3.52. The van der Waals surface area contributed by atoms with Gasteiger partial charge in [-0.05, 0) is 88.6 Å². The topological polar surface area (TPSA) is 40.5 Å². The molecule has 5 nitrogen and oxygen atoms in total. The van der Waals surface area contributed by atoms with Gasteiger partial charge in [0.25, 0.3) is 0 Å². The van der Waals surface area contributed by atoms with E-state index in [4.69, 9.17) is 0 Å². The quantitative estimate of drug-likeness (QED) is 0.644. The Hall–Kier alpha value is -1.66. The normalized spacial score (nSPS) is 21.0. The summed E-state index contributed by atoms with van der Waals surface area (Å²) in [6.45, 7) is 12.4. The van der Waals surface area contributed by atoms with Gasteiger partial charge in [0.05, 0.1) is 10.5 Å². The Bertz CT molecular complexity index is 931. The van der Waals surface area contributed by atoms with Gasteiger partial charge in [0.15, 0.2) is 0 Å². The van der Waals surface area contributed by atoms with Gasteiger partial charge in [-0.1, -0.05) is 13.0 Å². The predicted octanol–water partition coefficient (Wildman–Crippen LogP) is 5.19. The maximum atomic E-state index is 12.9. The number of likely N-dealkylation sites (tertiary alicyclic amines) is 1. The molecule has 4 rings (SSSR count). The lowest BCUT2D eigenvalue weighted by Gasteiger charge is -2.44. The first kappa shape index (κ1) is 21.6. The second-order valence-corrected chi connectivity index (χ2v) is 9.51. The summed E-state index contributed by atoms with van der Waals surface area (Å²) >= 11 is 1.75. The van der Waals surface area contributed by atoms with Crippen molar-refractivity contribution in [2.75, 3.05) is 37.9 Å². The number of hydrogen-bond donors (Lipinski definition) is 1. The molecule has 2 heterocycles. The van der Waals surface area contributed by atoms with E-state index in [-0.39, 0.29) is 6.03 Å². The van der Waals surface area contributed by atoms with Crippen LogP contribution in [-0.4, -0.2) is 59.0 Å². The second-order valence-electron chi connectivity index (χ2n) is 8.72. The molecule has 1 aromatic heterocycles. The minimum Gasteiger partial charge on any atom is -0.324 e. The number of piperidine rings is 1. The van der Waals surface area contributed by atoms with Crippen LogP contribution < -0.4 is 5.43 Å². The number of hydrogen-bond acceptors (Lipinski definition) is 3. The van der Waals surface area contributed by atoms with E-state index in [0.717, 1.165) is 11.9 Å². The summed E-state index contributed by atoms with van der Waals surface area (Å²) in [6, 6.07) is 5.22. The molecule has 2 amide bonds. The first-order valence-electron chi connectivity index (χ1n) is 11.6. The fourth-order valence-corrected chi connectivity index (χ4v) is 6.43. The zero-order valence-electron chi connectivity index (χ0n) is 19.1. The molecular weight excluding hydrogens is 392 g/mol. The standard InChI is InChI=1S/C24H36N4OS/c1-6-11-27-12-9-10-17-18-13-16(4)14-21-22(18)19(15-20(17)27)23(30-5)28(21)25-24(29)26(7-2)8-3/h13-14,17,20H,6-12,15H2,1-5H3,(H,25,29)/t17-,20-/m1/s1. The molecular formula is C24H36N4OS. The summed E-state index contributed by atoms with van der Waals surface area (Å²) in [5.41, 5.74) is 8.60. The van der Waals surface area contributed by atoms with Crippen molar-refractivity contribution in [1.29, 1.82) is 0 Å². The van der Waals surface area contributed by atoms with E-state index in [1.807, 2.05) is 18.7 Å². The van der Waals surface area contributed by atoms with Crippen molar-refractivity contribution < 1.29 is 4.79 Å². The van der Waals surface area contributed by atoms with Gasteiger partial charge in [-0.2, -0.15) is 0 Å². The van der Waals surface area contributed by atoms with Crippen LogP contribution in [0.1, 0.15) is 62.6 Å². The minimum atomic E-state index is -0.0221. The van der Waals surface area contributed by atoms with Crippen molar-refractivity contribution in [2.24, 2.45) is 0 Å². The van der Waals surface area contributed by atoms with Crippen LogP contribution >= 0.6 is 11.8 Å². The van der Waals surface area contributed by atoms with Crippen LogP contribution in [0.3, 0.4) is 0 Å². The summed E-state index contributed by atoms with van der Waals surface area (Å²) in [7, 11) is 0. The number of aryl methyl sites for hydroxylation is 1. The van der Waals surface area contributed by atoms with E-state index in [0.29, 0.717) is 25.0 Å². The zero-order chi connectivity index (χ0) is 21.4. The van der Waals surface area contributed by atoms with Crippen molar-refractivity contribution in [2.45, 2.75) is 70.4 Å². The molecule has 2 aliphatic rings. The lowest BCUT2D eigenvalue weighted by Crippen LogP contribution is -2.47. The van der Waals surface area contributed by atoms with Gasteiger partial charge < -0.3 is 4.90 Å². The van der Waals surface area contributed by atoms with Gasteiger partial charge in [-0.25, -0.2) is 14.9 Å². The Morgan fingerprint density at radius 2 is 2.03 bits per heavy atom. The number of nitrogens with zero attached hydrogens (tertiary/aromatic N) is 3. The molecule has 0 spiro atoms. The minimum absolute atomic E-state index is 0.0221. The van der Waals surface area contributed by atoms with E-state index >= 15 is 0 Å². The molecule has 1 N–H and O–H groups in total. The monoisotopic (exact) mass is 428 g/mol. The Kier molecular flexibility index (Phi) is 6.35. The van der Waals surface area contributed by atoms with Crippen LogP contribution in [0.15, 0.2) is 17.2 Å². The summed E-state index contributed by atoms with van der Waals surface area (Å²) < 4.78 is 2.08. The fourth-order valence-electron chi connectivity index (χ4n) is 5.67. The van der Waals surface area contributed by atoms with Crippen molar-refractivity contribution in [3.8, 4) is 0 Å². The second kappa shape index (κ2) is 8.83. The van der Waals surface area contributed by atoms with Crippen molar-refractivity contribution in [3.63, 3.8) is 0 Å². The highest BCUT2D eigenvalue weighted by Gasteiger charge is 2.39. The SMILES string of the molecule is CCCN1CCC[C@@H]2c3cc(C)cc4c3c(c(SC)n4NC(=O)N(CC)CC)C[C@H]21. The molecule has 0 bridgehead atoms. The van der Waals surface area contributed by atoms with Gasteiger partial charge in [0.2, 0.25) is 0 Å². The molecule has 2 aromatic rings. The number of nitrogens with one attached hydrogen (secondary N) is 1. The highest BCUT2D eigenvalue weighted by atomic mass is 32.2. The first-order valence-corrected chi connectivity index (χ1v) is 12.8. The number of fused-ring (bicyclic) bond motifs is 2. The number of thioether (sulfide) groups is 1. The lowest BCUT2D eigenvalue weighted by molar-refractivity contribution is 0.123. The van der Waals surface area contributed by atoms with Crippen molar-refractivity contribution in [3.05, 3.63) is 28.8 Å². The van der Waals surface area contributed by atoms with Crippen LogP contribution in [0.4, 0.5) is 4.79 Å². The first-order chi connectivity index (χ1) is 14.5. The van der Waals surface area contributed by atoms with Gasteiger partial charge in [0.1, 0.15) is 0 Å². The van der Waals surface area contributed by atoms with E-state index < -0.39 is 0 Å². The Labute approximate surface area is 185 Å². The number of amides is 2. The van der Waals surface area contributed by atoms with Gasteiger partial charge in [-0.3, -0.25) is 4.90 Å². The van der Waals surface area contributed by atoms with Crippen LogP contribution in [0.5, 0.6) is 0 Å². The molecule has 1 aromatic carbocycles. The van der Waals surface area contributed by atoms with E-state index in [1.54, 1.807) is 11.8 Å². The molecule has 0 saturated carbocycles. The van der Waals surface area contributed by atoms with E-state index in [9.17, 15) is 4.79 Å². The Morgan fingerprint density at radius 1 is 1.27 bits per heavy atom. The largest absolute Gasteiger partial charge is 0.336 e. The molecule has 1 fully saturated rings. The van der Waals surface area contributed by atoms with Gasteiger partial charge >= 0.3 is 6.03 Å². The van der Waals surface area contributed by atoms with E-state index in [1.165, 1.54) is 59.5 Å². The molecule has 0 unspecified atom stereocenters. The van der Waals surface area contributed by atoms with E-state index in [2.05, 4.69) is 47.2 Å². The summed E-state index contributed by atoms with van der Waals surface area (Å²) in [5, 5.41) is 2.59. The average molecular weight is 429 g/mol. The number of benzene rings is 1. The molecule has 1 saturated heterocycles. The van der Waals surface area contributed by atoms with Crippen LogP contribution in [-0.2, 0) is 6.42 Å². The maximum absolute atomic E-state index is 12.9. The Morgan fingerprint density at radius 3 is 2.70 bits per heavy atom. The highest BCUT2D eigenvalue weighted by molar-refractivity contribution is 7.98. The molecule has 1 aliphatic carbocycles. The van der Waals surface area contributed by atoms with Crippen LogP contribution in [0.25, 0.3) is 10.9 Å². The number of carbonyl (C=O) groups is 1.